The van der Waals surface area contributed by atoms with Crippen LogP contribution in [0.2, 0.25) is 0 Å². The zero-order valence-corrected chi connectivity index (χ0v) is 9.90. The van der Waals surface area contributed by atoms with Crippen molar-refractivity contribution < 1.29 is 18.3 Å². The van der Waals surface area contributed by atoms with Gasteiger partial charge < -0.3 is 10.8 Å². The van der Waals surface area contributed by atoms with Gasteiger partial charge in [0, 0.05) is 19.6 Å². The normalized spacial score (nSPS) is 13.9. The predicted octanol–water partition coefficient (Wildman–Crippen LogP) is 1.37. The Morgan fingerprint density at radius 3 is 2.28 bits per heavy atom. The van der Waals surface area contributed by atoms with Gasteiger partial charge in [0.15, 0.2) is 0 Å². The predicted molar refractivity (Wildman–Crippen MR) is 62.8 cm³/mol. The Balaban J connectivity index is 2.81. The van der Waals surface area contributed by atoms with Gasteiger partial charge in [0.2, 0.25) is 0 Å². The molecule has 0 aliphatic heterocycles. The first-order valence-corrected chi connectivity index (χ1v) is 5.64. The summed E-state index contributed by atoms with van der Waals surface area (Å²) < 4.78 is 38.4. The van der Waals surface area contributed by atoms with E-state index in [0.29, 0.717) is 0 Å². The van der Waals surface area contributed by atoms with Crippen LogP contribution in [0.4, 0.5) is 13.2 Å². The fourth-order valence-corrected chi connectivity index (χ4v) is 1.78. The van der Waals surface area contributed by atoms with Gasteiger partial charge in [-0.3, -0.25) is 4.90 Å². The van der Waals surface area contributed by atoms with Crippen molar-refractivity contribution in [2.75, 3.05) is 19.7 Å². The molecule has 0 bridgehead atoms. The van der Waals surface area contributed by atoms with E-state index in [0.717, 1.165) is 10.5 Å². The molecule has 1 aromatic carbocycles. The maximum Gasteiger partial charge on any atom is 0.405 e. The molecule has 0 fully saturated rings. The van der Waals surface area contributed by atoms with Gasteiger partial charge >= 0.3 is 6.18 Å². The van der Waals surface area contributed by atoms with Crippen LogP contribution in [0.3, 0.4) is 0 Å². The topological polar surface area (TPSA) is 49.5 Å². The smallest absolute Gasteiger partial charge is 0.395 e. The minimum atomic E-state index is -4.39. The fourth-order valence-electron chi connectivity index (χ4n) is 1.78. The van der Waals surface area contributed by atoms with Crippen molar-refractivity contribution in [3.05, 3.63) is 35.9 Å². The van der Waals surface area contributed by atoms with Gasteiger partial charge in [0.1, 0.15) is 6.04 Å². The molecule has 0 aliphatic carbocycles. The molecule has 0 saturated carbocycles. The second-order valence-corrected chi connectivity index (χ2v) is 3.97. The highest BCUT2D eigenvalue weighted by molar-refractivity contribution is 5.14. The standard InChI is InChI=1S/C12H17F3N2O/c13-12(14,15)11(8-16)17(6-7-18)9-10-4-2-1-3-5-10/h1-5,11,18H,6-9,16H2. The quantitative estimate of drug-likeness (QED) is 0.814. The Hall–Kier alpha value is -1.11. The number of nitrogens with zero attached hydrogens (tertiary/aromatic N) is 1. The molecule has 6 heteroatoms. The lowest BCUT2D eigenvalue weighted by atomic mass is 10.1. The third kappa shape index (κ3) is 4.29. The van der Waals surface area contributed by atoms with E-state index >= 15 is 0 Å². The summed E-state index contributed by atoms with van der Waals surface area (Å²) in [5.41, 5.74) is 5.96. The molecule has 1 aromatic rings. The number of hydrogen-bond acceptors (Lipinski definition) is 3. The van der Waals surface area contributed by atoms with E-state index < -0.39 is 18.8 Å². The van der Waals surface area contributed by atoms with Crippen molar-refractivity contribution in [1.82, 2.24) is 4.90 Å². The van der Waals surface area contributed by atoms with Crippen LogP contribution in [-0.4, -0.2) is 41.9 Å². The van der Waals surface area contributed by atoms with Crippen LogP contribution >= 0.6 is 0 Å². The largest absolute Gasteiger partial charge is 0.405 e. The number of rotatable bonds is 6. The first kappa shape index (κ1) is 14.9. The lowest BCUT2D eigenvalue weighted by molar-refractivity contribution is -0.183. The summed E-state index contributed by atoms with van der Waals surface area (Å²) in [5, 5.41) is 8.87. The number of aliphatic hydroxyl groups excluding tert-OH is 1. The van der Waals surface area contributed by atoms with Gasteiger partial charge in [-0.1, -0.05) is 30.3 Å². The van der Waals surface area contributed by atoms with E-state index in [1.807, 2.05) is 0 Å². The Morgan fingerprint density at radius 2 is 1.83 bits per heavy atom. The van der Waals surface area contributed by atoms with Crippen molar-refractivity contribution in [3.8, 4) is 0 Å². The summed E-state index contributed by atoms with van der Waals surface area (Å²) >= 11 is 0. The molecule has 102 valence electrons. The molecular formula is C12H17F3N2O. The second-order valence-electron chi connectivity index (χ2n) is 3.97. The number of aliphatic hydroxyl groups is 1. The maximum atomic E-state index is 12.8. The molecule has 0 saturated heterocycles. The van der Waals surface area contributed by atoms with Crippen molar-refractivity contribution in [3.63, 3.8) is 0 Å². The summed E-state index contributed by atoms with van der Waals surface area (Å²) in [4.78, 5) is 1.15. The monoisotopic (exact) mass is 262 g/mol. The molecule has 0 radical (unpaired) electrons. The van der Waals surface area contributed by atoms with Gasteiger partial charge in [-0.25, -0.2) is 0 Å². The van der Waals surface area contributed by atoms with Gasteiger partial charge in [-0.2, -0.15) is 13.2 Å². The fraction of sp³-hybridized carbons (Fsp3) is 0.500. The third-order valence-corrected chi connectivity index (χ3v) is 2.66. The number of halogens is 3. The molecule has 3 nitrogen and oxygen atoms in total. The average molecular weight is 262 g/mol. The average Bonchev–Trinajstić information content (AvgIpc) is 2.29. The zero-order valence-electron chi connectivity index (χ0n) is 9.90. The number of benzene rings is 1. The SMILES string of the molecule is NCC(N(CCO)Cc1ccccc1)C(F)(F)F. The van der Waals surface area contributed by atoms with Crippen molar-refractivity contribution >= 4 is 0 Å². The highest BCUT2D eigenvalue weighted by Crippen LogP contribution is 2.25. The van der Waals surface area contributed by atoms with Crippen LogP contribution in [0.15, 0.2) is 30.3 Å². The van der Waals surface area contributed by atoms with E-state index in [4.69, 9.17) is 10.8 Å². The molecular weight excluding hydrogens is 245 g/mol. The van der Waals surface area contributed by atoms with Gasteiger partial charge in [-0.05, 0) is 5.56 Å². The van der Waals surface area contributed by atoms with Gasteiger partial charge in [0.25, 0.3) is 0 Å². The van der Waals surface area contributed by atoms with Crippen LogP contribution in [0.5, 0.6) is 0 Å². The molecule has 18 heavy (non-hydrogen) atoms. The molecule has 0 aromatic heterocycles. The summed E-state index contributed by atoms with van der Waals surface area (Å²) in [6, 6.07) is 7.08. The lowest BCUT2D eigenvalue weighted by Gasteiger charge is -2.31. The number of hydrogen-bond donors (Lipinski definition) is 2. The molecule has 3 N–H and O–H groups in total. The number of nitrogens with two attached hydrogens (primary N) is 1. The molecule has 0 amide bonds. The third-order valence-electron chi connectivity index (χ3n) is 2.66. The van der Waals surface area contributed by atoms with E-state index in [-0.39, 0.29) is 19.7 Å². The highest BCUT2D eigenvalue weighted by atomic mass is 19.4. The Bertz CT molecular complexity index is 343. The van der Waals surface area contributed by atoms with Crippen LogP contribution in [0.1, 0.15) is 5.56 Å². The van der Waals surface area contributed by atoms with E-state index in [9.17, 15) is 13.2 Å². The number of alkyl halides is 3. The molecule has 0 aliphatic rings. The highest BCUT2D eigenvalue weighted by Gasteiger charge is 2.42. The Morgan fingerprint density at radius 1 is 1.22 bits per heavy atom. The summed E-state index contributed by atoms with van der Waals surface area (Å²) in [7, 11) is 0. The van der Waals surface area contributed by atoms with E-state index in [2.05, 4.69) is 0 Å². The van der Waals surface area contributed by atoms with Crippen LogP contribution in [-0.2, 0) is 6.54 Å². The van der Waals surface area contributed by atoms with Crippen LogP contribution in [0.25, 0.3) is 0 Å². The minimum Gasteiger partial charge on any atom is -0.395 e. The molecule has 0 spiro atoms. The summed E-state index contributed by atoms with van der Waals surface area (Å²) in [5.74, 6) is 0. The van der Waals surface area contributed by atoms with Crippen molar-refractivity contribution in [2.45, 2.75) is 18.8 Å². The van der Waals surface area contributed by atoms with E-state index in [1.54, 1.807) is 30.3 Å². The molecule has 1 rings (SSSR count). The first-order chi connectivity index (χ1) is 8.49. The first-order valence-electron chi connectivity index (χ1n) is 5.64. The van der Waals surface area contributed by atoms with Crippen molar-refractivity contribution in [2.24, 2.45) is 5.73 Å². The summed E-state index contributed by atoms with van der Waals surface area (Å²) in [6.45, 7) is -0.797. The molecule has 1 atom stereocenters. The molecule has 0 heterocycles. The van der Waals surface area contributed by atoms with E-state index in [1.165, 1.54) is 0 Å². The second kappa shape index (κ2) is 6.72. The summed E-state index contributed by atoms with van der Waals surface area (Å²) in [6.07, 6.45) is -4.39. The zero-order chi connectivity index (χ0) is 13.6. The van der Waals surface area contributed by atoms with Crippen LogP contribution in [0, 0.1) is 0 Å². The van der Waals surface area contributed by atoms with Crippen LogP contribution < -0.4 is 5.73 Å². The van der Waals surface area contributed by atoms with Gasteiger partial charge in [-0.15, -0.1) is 0 Å². The Kier molecular flexibility index (Phi) is 5.58. The maximum absolute atomic E-state index is 12.8. The minimum absolute atomic E-state index is 0.0593. The lowest BCUT2D eigenvalue weighted by Crippen LogP contribution is -2.50. The Labute approximate surface area is 104 Å². The van der Waals surface area contributed by atoms with Gasteiger partial charge in [0.05, 0.1) is 6.61 Å². The van der Waals surface area contributed by atoms with Crippen molar-refractivity contribution in [1.29, 1.82) is 0 Å². The molecule has 1 unspecified atom stereocenters.